The summed E-state index contributed by atoms with van der Waals surface area (Å²) in [5.74, 6) is -0.363. The molecule has 0 radical (unpaired) electrons. The zero-order valence-corrected chi connectivity index (χ0v) is 20.1. The van der Waals surface area contributed by atoms with Gasteiger partial charge >= 0.3 is 5.97 Å². The lowest BCUT2D eigenvalue weighted by Crippen LogP contribution is -2.37. The van der Waals surface area contributed by atoms with Crippen molar-refractivity contribution in [2.24, 2.45) is 0 Å². The number of pyridine rings is 1. The van der Waals surface area contributed by atoms with Crippen LogP contribution in [0.25, 0.3) is 10.9 Å². The van der Waals surface area contributed by atoms with Crippen molar-refractivity contribution in [3.63, 3.8) is 0 Å². The number of nitrogens with zero attached hydrogens (tertiary/aromatic N) is 2. The molecule has 7 nitrogen and oxygen atoms in total. The Bertz CT molecular complexity index is 1210. The highest BCUT2D eigenvalue weighted by atomic mass is 16.5. The molecule has 2 heterocycles. The molecule has 1 aliphatic heterocycles. The maximum atomic E-state index is 13.5. The van der Waals surface area contributed by atoms with Crippen molar-refractivity contribution in [1.29, 1.82) is 0 Å². The number of anilines is 1. The maximum Gasteiger partial charge on any atom is 0.339 e. The Hall–Kier alpha value is -3.45. The molecule has 0 spiro atoms. The van der Waals surface area contributed by atoms with E-state index in [-0.39, 0.29) is 0 Å². The predicted molar refractivity (Wildman–Crippen MR) is 132 cm³/mol. The molecule has 3 aromatic rings. The Labute approximate surface area is 200 Å². The number of carbonyl (C=O) groups is 2. The number of benzene rings is 2. The lowest BCUT2D eigenvalue weighted by Gasteiger charge is -2.32. The first-order chi connectivity index (χ1) is 16.4. The van der Waals surface area contributed by atoms with Crippen molar-refractivity contribution < 1.29 is 19.1 Å². The summed E-state index contributed by atoms with van der Waals surface area (Å²) in [6.07, 6.45) is -0.224. The van der Waals surface area contributed by atoms with Crippen LogP contribution in [0.2, 0.25) is 0 Å². The highest BCUT2D eigenvalue weighted by Gasteiger charge is 2.29. The third kappa shape index (κ3) is 4.89. The first-order valence-electron chi connectivity index (χ1n) is 11.8. The first kappa shape index (κ1) is 23.7. The summed E-state index contributed by atoms with van der Waals surface area (Å²) in [5.41, 5.74) is 3.61. The second kappa shape index (κ2) is 10.2. The molecule has 0 saturated heterocycles. The van der Waals surface area contributed by atoms with Crippen molar-refractivity contribution >= 4 is 28.5 Å². The second-order valence-corrected chi connectivity index (χ2v) is 8.71. The minimum atomic E-state index is -0.991. The van der Waals surface area contributed by atoms with Gasteiger partial charge in [0.1, 0.15) is 5.75 Å². The van der Waals surface area contributed by atoms with Gasteiger partial charge in [-0.15, -0.1) is 0 Å². The van der Waals surface area contributed by atoms with E-state index in [1.165, 1.54) is 0 Å². The van der Waals surface area contributed by atoms with Crippen LogP contribution in [0.5, 0.6) is 5.75 Å². The third-order valence-electron chi connectivity index (χ3n) is 6.11. The molecule has 4 rings (SSSR count). The topological polar surface area (TPSA) is 80.8 Å². The van der Waals surface area contributed by atoms with E-state index < -0.39 is 18.0 Å². The van der Waals surface area contributed by atoms with E-state index in [2.05, 4.69) is 24.1 Å². The largest absolute Gasteiger partial charge is 0.492 e. The molecular weight excluding hydrogens is 430 g/mol. The van der Waals surface area contributed by atoms with Crippen molar-refractivity contribution in [3.8, 4) is 5.75 Å². The van der Waals surface area contributed by atoms with Gasteiger partial charge in [0.2, 0.25) is 0 Å². The average Bonchev–Trinajstić information content (AvgIpc) is 2.83. The summed E-state index contributed by atoms with van der Waals surface area (Å²) in [6.45, 7) is 9.73. The van der Waals surface area contributed by atoms with E-state index in [4.69, 9.17) is 14.5 Å². The fraction of sp³-hybridized carbons (Fsp3) is 0.370. The van der Waals surface area contributed by atoms with Crippen molar-refractivity contribution in [3.05, 3.63) is 65.4 Å². The van der Waals surface area contributed by atoms with Crippen LogP contribution in [-0.4, -0.2) is 47.1 Å². The summed E-state index contributed by atoms with van der Waals surface area (Å²) in [5, 5.41) is 3.55. The number of hydrogen-bond acceptors (Lipinski definition) is 6. The monoisotopic (exact) mass is 461 g/mol. The Kier molecular flexibility index (Phi) is 7.12. The number of fused-ring (bicyclic) bond motifs is 2. The van der Waals surface area contributed by atoms with E-state index in [9.17, 15) is 9.59 Å². The third-order valence-corrected chi connectivity index (χ3v) is 6.11. The normalized spacial score (nSPS) is 14.5. The molecule has 0 aliphatic carbocycles. The average molecular weight is 462 g/mol. The SMILES string of the molecule is CCOc1ccccc1NC(=O)C(C)OC(=O)c1c2c(nc3ccccc13)CCN(C(C)C)C2. The van der Waals surface area contributed by atoms with Crippen LogP contribution in [0, 0.1) is 0 Å². The quantitative estimate of drug-likeness (QED) is 0.519. The molecule has 0 fully saturated rings. The van der Waals surface area contributed by atoms with Gasteiger partial charge in [-0.25, -0.2) is 4.79 Å². The number of para-hydroxylation sites is 3. The Balaban J connectivity index is 1.60. The number of nitrogens with one attached hydrogen (secondary N) is 1. The number of esters is 1. The lowest BCUT2D eigenvalue weighted by molar-refractivity contribution is -0.123. The zero-order chi connectivity index (χ0) is 24.2. The second-order valence-electron chi connectivity index (χ2n) is 8.71. The van der Waals surface area contributed by atoms with Crippen LogP contribution >= 0.6 is 0 Å². The molecule has 34 heavy (non-hydrogen) atoms. The Morgan fingerprint density at radius 3 is 2.59 bits per heavy atom. The van der Waals surface area contributed by atoms with Gasteiger partial charge in [0.25, 0.3) is 5.91 Å². The molecule has 7 heteroatoms. The standard InChI is InChI=1S/C27H31N3O4/c1-5-33-24-13-9-8-12-23(24)29-26(31)18(4)34-27(32)25-19-10-6-7-11-21(19)28-22-14-15-30(17(2)3)16-20(22)25/h6-13,17-18H,5,14-16H2,1-4H3,(H,29,31). The Morgan fingerprint density at radius 1 is 1.09 bits per heavy atom. The first-order valence-corrected chi connectivity index (χ1v) is 11.8. The number of hydrogen-bond donors (Lipinski definition) is 1. The number of ether oxygens (including phenoxy) is 2. The number of rotatable bonds is 7. The molecule has 0 saturated carbocycles. The van der Waals surface area contributed by atoms with Crippen molar-refractivity contribution in [1.82, 2.24) is 9.88 Å². The highest BCUT2D eigenvalue weighted by molar-refractivity contribution is 6.06. The fourth-order valence-electron chi connectivity index (χ4n) is 4.24. The van der Waals surface area contributed by atoms with E-state index in [1.54, 1.807) is 19.1 Å². The van der Waals surface area contributed by atoms with Gasteiger partial charge in [-0.3, -0.25) is 14.7 Å². The maximum absolute atomic E-state index is 13.5. The molecule has 178 valence electrons. The van der Waals surface area contributed by atoms with Gasteiger partial charge in [0, 0.05) is 42.2 Å². The molecule has 0 bridgehead atoms. The summed E-state index contributed by atoms with van der Waals surface area (Å²) in [6, 6.07) is 15.1. The van der Waals surface area contributed by atoms with Crippen LogP contribution in [0.1, 0.15) is 49.3 Å². The lowest BCUT2D eigenvalue weighted by atomic mass is 9.95. The fourth-order valence-corrected chi connectivity index (χ4v) is 4.24. The molecule has 1 N–H and O–H groups in total. The minimum Gasteiger partial charge on any atom is -0.492 e. The summed E-state index contributed by atoms with van der Waals surface area (Å²) >= 11 is 0. The van der Waals surface area contributed by atoms with Gasteiger partial charge in [-0.2, -0.15) is 0 Å². The molecule has 1 amide bonds. The Morgan fingerprint density at radius 2 is 1.82 bits per heavy atom. The summed E-state index contributed by atoms with van der Waals surface area (Å²) < 4.78 is 11.3. The minimum absolute atomic E-state index is 0.346. The van der Waals surface area contributed by atoms with Crippen LogP contribution in [0.3, 0.4) is 0 Å². The van der Waals surface area contributed by atoms with Gasteiger partial charge in [0.05, 0.1) is 23.4 Å². The number of amides is 1. The van der Waals surface area contributed by atoms with Crippen molar-refractivity contribution in [2.75, 3.05) is 18.5 Å². The van der Waals surface area contributed by atoms with E-state index >= 15 is 0 Å². The molecule has 1 aromatic heterocycles. The van der Waals surface area contributed by atoms with Crippen LogP contribution in [0.4, 0.5) is 5.69 Å². The highest BCUT2D eigenvalue weighted by Crippen LogP contribution is 2.30. The van der Waals surface area contributed by atoms with Crippen LogP contribution < -0.4 is 10.1 Å². The predicted octanol–water partition coefficient (Wildman–Crippen LogP) is 4.58. The van der Waals surface area contributed by atoms with E-state index in [0.717, 1.165) is 35.1 Å². The van der Waals surface area contributed by atoms with Crippen molar-refractivity contribution in [2.45, 2.75) is 52.8 Å². The van der Waals surface area contributed by atoms with Crippen LogP contribution in [0.15, 0.2) is 48.5 Å². The summed E-state index contributed by atoms with van der Waals surface area (Å²) in [7, 11) is 0. The molecular formula is C27H31N3O4. The van der Waals surface area contributed by atoms with Gasteiger partial charge in [-0.05, 0) is 45.9 Å². The van der Waals surface area contributed by atoms with Gasteiger partial charge < -0.3 is 14.8 Å². The van der Waals surface area contributed by atoms with Crippen LogP contribution in [-0.2, 0) is 22.5 Å². The summed E-state index contributed by atoms with van der Waals surface area (Å²) in [4.78, 5) is 33.5. The zero-order valence-electron chi connectivity index (χ0n) is 20.1. The molecule has 1 aliphatic rings. The smallest absolute Gasteiger partial charge is 0.339 e. The van der Waals surface area contributed by atoms with E-state index in [1.807, 2.05) is 43.3 Å². The molecule has 1 atom stereocenters. The number of carbonyl (C=O) groups excluding carboxylic acids is 2. The van der Waals surface area contributed by atoms with Gasteiger partial charge in [-0.1, -0.05) is 30.3 Å². The molecule has 1 unspecified atom stereocenters. The molecule has 2 aromatic carbocycles. The van der Waals surface area contributed by atoms with Gasteiger partial charge in [0.15, 0.2) is 6.10 Å². The number of aromatic nitrogens is 1. The van der Waals surface area contributed by atoms with E-state index in [0.29, 0.717) is 36.2 Å².